The predicted octanol–water partition coefficient (Wildman–Crippen LogP) is 3.33. The molecule has 4 heterocycles. The maximum Gasteiger partial charge on any atom is 0.279 e. The van der Waals surface area contributed by atoms with Gasteiger partial charge in [0.05, 0.1) is 17.5 Å². The summed E-state index contributed by atoms with van der Waals surface area (Å²) in [6, 6.07) is 7.17. The zero-order valence-electron chi connectivity index (χ0n) is 13.8. The van der Waals surface area contributed by atoms with Crippen LogP contribution in [-0.2, 0) is 6.54 Å². The zero-order valence-corrected chi connectivity index (χ0v) is 14.6. The average molecular weight is 366 g/mol. The standard InChI is InChI=1S/C17H14N6O2S/c1-2-23-9-11(8-19-23)15-7-13(22-25-15)16(24)21-17-20-14(10-26-17)12-5-3-4-6-18-12/h3-10H,2H2,1H3,(H,20,21,24). The molecule has 4 aromatic heterocycles. The molecule has 0 bridgehead atoms. The van der Waals surface area contributed by atoms with Crippen LogP contribution in [0.25, 0.3) is 22.7 Å². The Morgan fingerprint density at radius 1 is 1.35 bits per heavy atom. The molecule has 0 saturated heterocycles. The van der Waals surface area contributed by atoms with Gasteiger partial charge >= 0.3 is 0 Å². The van der Waals surface area contributed by atoms with Crippen molar-refractivity contribution in [2.75, 3.05) is 5.32 Å². The number of nitrogens with one attached hydrogen (secondary N) is 1. The number of thiazole rings is 1. The van der Waals surface area contributed by atoms with E-state index in [1.54, 1.807) is 23.1 Å². The number of carbonyl (C=O) groups is 1. The van der Waals surface area contributed by atoms with Crippen LogP contribution in [0.1, 0.15) is 17.4 Å². The molecule has 0 unspecified atom stereocenters. The van der Waals surface area contributed by atoms with E-state index < -0.39 is 0 Å². The molecule has 4 aromatic rings. The van der Waals surface area contributed by atoms with E-state index in [1.165, 1.54) is 11.3 Å². The van der Waals surface area contributed by atoms with E-state index in [0.29, 0.717) is 16.6 Å². The van der Waals surface area contributed by atoms with Gasteiger partial charge in [-0.25, -0.2) is 4.98 Å². The minimum absolute atomic E-state index is 0.179. The molecular weight excluding hydrogens is 352 g/mol. The van der Waals surface area contributed by atoms with Crippen molar-refractivity contribution in [3.8, 4) is 22.7 Å². The van der Waals surface area contributed by atoms with Crippen LogP contribution in [-0.4, -0.2) is 30.8 Å². The number of pyridine rings is 1. The topological polar surface area (TPSA) is 98.7 Å². The number of hydrogen-bond acceptors (Lipinski definition) is 7. The Morgan fingerprint density at radius 2 is 2.27 bits per heavy atom. The smallest absolute Gasteiger partial charge is 0.279 e. The van der Waals surface area contributed by atoms with E-state index in [4.69, 9.17) is 4.52 Å². The van der Waals surface area contributed by atoms with Crippen molar-refractivity contribution in [1.29, 1.82) is 0 Å². The summed E-state index contributed by atoms with van der Waals surface area (Å²) in [5.74, 6) is 0.105. The maximum absolute atomic E-state index is 12.4. The van der Waals surface area contributed by atoms with Gasteiger partial charge in [0, 0.05) is 30.4 Å². The molecular formula is C17H14N6O2S. The van der Waals surface area contributed by atoms with E-state index >= 15 is 0 Å². The van der Waals surface area contributed by atoms with Crippen molar-refractivity contribution in [1.82, 2.24) is 24.9 Å². The molecule has 1 amide bonds. The lowest BCUT2D eigenvalue weighted by atomic mass is 10.2. The number of aromatic nitrogens is 5. The first-order valence-electron chi connectivity index (χ1n) is 7.91. The third-order valence-corrected chi connectivity index (χ3v) is 4.39. The highest BCUT2D eigenvalue weighted by atomic mass is 32.1. The Kier molecular flexibility index (Phi) is 4.28. The van der Waals surface area contributed by atoms with Crippen molar-refractivity contribution in [3.63, 3.8) is 0 Å². The maximum atomic E-state index is 12.4. The number of hydrogen-bond donors (Lipinski definition) is 1. The highest BCUT2D eigenvalue weighted by Crippen LogP contribution is 2.24. The van der Waals surface area contributed by atoms with Gasteiger partial charge in [-0.1, -0.05) is 11.2 Å². The Bertz CT molecular complexity index is 1040. The molecule has 0 spiro atoms. The Hall–Kier alpha value is -3.33. The summed E-state index contributed by atoms with van der Waals surface area (Å²) in [5.41, 5.74) is 2.41. The van der Waals surface area contributed by atoms with Gasteiger partial charge in [0.1, 0.15) is 5.69 Å². The van der Waals surface area contributed by atoms with Gasteiger partial charge in [-0.05, 0) is 19.1 Å². The van der Waals surface area contributed by atoms with Crippen LogP contribution in [0.15, 0.2) is 52.8 Å². The van der Waals surface area contributed by atoms with E-state index in [2.05, 4.69) is 25.5 Å². The first kappa shape index (κ1) is 16.2. The van der Waals surface area contributed by atoms with Gasteiger partial charge in [0.2, 0.25) is 0 Å². The SMILES string of the molecule is CCn1cc(-c2cc(C(=O)Nc3nc(-c4ccccn4)cs3)no2)cn1. The van der Waals surface area contributed by atoms with Crippen LogP contribution < -0.4 is 5.32 Å². The molecule has 0 atom stereocenters. The van der Waals surface area contributed by atoms with E-state index in [1.807, 2.05) is 36.7 Å². The molecule has 26 heavy (non-hydrogen) atoms. The van der Waals surface area contributed by atoms with Crippen LogP contribution >= 0.6 is 11.3 Å². The first-order chi connectivity index (χ1) is 12.7. The van der Waals surface area contributed by atoms with Crippen LogP contribution in [0, 0.1) is 0 Å². The van der Waals surface area contributed by atoms with Crippen molar-refractivity contribution >= 4 is 22.4 Å². The van der Waals surface area contributed by atoms with E-state index in [0.717, 1.165) is 17.8 Å². The van der Waals surface area contributed by atoms with Gasteiger partial charge in [-0.2, -0.15) is 5.10 Å². The molecule has 4 rings (SSSR count). The number of anilines is 1. The molecule has 0 aliphatic heterocycles. The van der Waals surface area contributed by atoms with Gasteiger partial charge in [0.25, 0.3) is 5.91 Å². The second-order valence-electron chi connectivity index (χ2n) is 5.37. The van der Waals surface area contributed by atoms with Gasteiger partial charge in [-0.3, -0.25) is 19.8 Å². The number of amides is 1. The van der Waals surface area contributed by atoms with Crippen LogP contribution in [0.5, 0.6) is 0 Å². The summed E-state index contributed by atoms with van der Waals surface area (Å²) >= 11 is 1.32. The van der Waals surface area contributed by atoms with Crippen molar-refractivity contribution in [2.24, 2.45) is 0 Å². The minimum atomic E-state index is -0.384. The third-order valence-electron chi connectivity index (χ3n) is 3.64. The predicted molar refractivity (Wildman–Crippen MR) is 96.7 cm³/mol. The van der Waals surface area contributed by atoms with Gasteiger partial charge in [-0.15, -0.1) is 11.3 Å². The highest BCUT2D eigenvalue weighted by molar-refractivity contribution is 7.14. The van der Waals surface area contributed by atoms with Crippen molar-refractivity contribution in [2.45, 2.75) is 13.5 Å². The largest absolute Gasteiger partial charge is 0.355 e. The van der Waals surface area contributed by atoms with Gasteiger partial charge in [0.15, 0.2) is 16.6 Å². The summed E-state index contributed by atoms with van der Waals surface area (Å²) in [7, 11) is 0. The normalized spacial score (nSPS) is 10.8. The summed E-state index contributed by atoms with van der Waals surface area (Å²) in [4.78, 5) is 21.0. The fraction of sp³-hybridized carbons (Fsp3) is 0.118. The second-order valence-corrected chi connectivity index (χ2v) is 6.23. The lowest BCUT2D eigenvalue weighted by Crippen LogP contribution is -2.11. The molecule has 0 aromatic carbocycles. The summed E-state index contributed by atoms with van der Waals surface area (Å²) < 4.78 is 7.02. The number of rotatable bonds is 5. The Balaban J connectivity index is 1.48. The minimum Gasteiger partial charge on any atom is -0.355 e. The molecule has 0 radical (unpaired) electrons. The monoisotopic (exact) mass is 366 g/mol. The number of carbonyl (C=O) groups excluding carboxylic acids is 1. The number of nitrogens with zero attached hydrogens (tertiary/aromatic N) is 5. The molecule has 0 aliphatic rings. The lowest BCUT2D eigenvalue weighted by molar-refractivity contribution is 0.101. The lowest BCUT2D eigenvalue weighted by Gasteiger charge is -1.96. The zero-order chi connectivity index (χ0) is 17.9. The molecule has 0 fully saturated rings. The fourth-order valence-electron chi connectivity index (χ4n) is 2.31. The van der Waals surface area contributed by atoms with Crippen molar-refractivity contribution in [3.05, 3.63) is 53.9 Å². The Labute approximate surface area is 152 Å². The molecule has 1 N–H and O–H groups in total. The van der Waals surface area contributed by atoms with E-state index in [9.17, 15) is 4.79 Å². The number of aryl methyl sites for hydroxylation is 1. The van der Waals surface area contributed by atoms with Crippen LogP contribution in [0.2, 0.25) is 0 Å². The Morgan fingerprint density at radius 3 is 3.04 bits per heavy atom. The van der Waals surface area contributed by atoms with E-state index in [-0.39, 0.29) is 11.6 Å². The second kappa shape index (κ2) is 6.89. The van der Waals surface area contributed by atoms with Gasteiger partial charge < -0.3 is 4.52 Å². The summed E-state index contributed by atoms with van der Waals surface area (Å²) in [6.07, 6.45) is 5.21. The summed E-state index contributed by atoms with van der Waals surface area (Å²) in [6.45, 7) is 2.74. The molecule has 0 saturated carbocycles. The molecule has 0 aliphatic carbocycles. The van der Waals surface area contributed by atoms with Crippen LogP contribution in [0.3, 0.4) is 0 Å². The van der Waals surface area contributed by atoms with Crippen molar-refractivity contribution < 1.29 is 9.32 Å². The molecule has 130 valence electrons. The summed E-state index contributed by atoms with van der Waals surface area (Å²) in [5, 5.41) is 13.0. The first-order valence-corrected chi connectivity index (χ1v) is 8.78. The highest BCUT2D eigenvalue weighted by Gasteiger charge is 2.16. The fourth-order valence-corrected chi connectivity index (χ4v) is 3.01. The van der Waals surface area contributed by atoms with Crippen LogP contribution in [0.4, 0.5) is 5.13 Å². The third kappa shape index (κ3) is 3.24. The quantitative estimate of drug-likeness (QED) is 0.582. The molecule has 9 heteroatoms. The average Bonchev–Trinajstić information content (AvgIpc) is 3.42. The molecule has 8 nitrogen and oxygen atoms in total.